The molecule has 4 rings (SSSR count). The number of rotatable bonds is 8. The van der Waals surface area contributed by atoms with E-state index in [-0.39, 0.29) is 6.42 Å². The summed E-state index contributed by atoms with van der Waals surface area (Å²) in [5.41, 5.74) is 3.44. The maximum absolute atomic E-state index is 12.6. The first-order valence-electron chi connectivity index (χ1n) is 13.2. The number of hydrogen-bond donors (Lipinski definition) is 1. The van der Waals surface area contributed by atoms with Crippen LogP contribution in [0.15, 0.2) is 66.9 Å². The molecule has 0 saturated heterocycles. The number of likely N-dealkylation sites (N-methyl/N-ethyl adjacent to an activating group) is 1. The van der Waals surface area contributed by atoms with Crippen LogP contribution in [-0.4, -0.2) is 61.3 Å². The molecule has 0 fully saturated rings. The van der Waals surface area contributed by atoms with E-state index in [9.17, 15) is 9.59 Å². The van der Waals surface area contributed by atoms with Gasteiger partial charge in [-0.15, -0.1) is 0 Å². The second-order valence-corrected chi connectivity index (χ2v) is 11.0. The molecule has 0 bridgehead atoms. The van der Waals surface area contributed by atoms with Gasteiger partial charge in [0.25, 0.3) is 0 Å². The van der Waals surface area contributed by atoms with Gasteiger partial charge in [-0.2, -0.15) is 0 Å². The lowest BCUT2D eigenvalue weighted by Gasteiger charge is -2.23. The normalized spacial score (nSPS) is 12.5. The van der Waals surface area contributed by atoms with Crippen LogP contribution in [0.1, 0.15) is 31.9 Å². The summed E-state index contributed by atoms with van der Waals surface area (Å²) in [5.74, 6) is -0.533. The van der Waals surface area contributed by atoms with E-state index >= 15 is 0 Å². The van der Waals surface area contributed by atoms with Crippen molar-refractivity contribution < 1.29 is 19.1 Å². The van der Waals surface area contributed by atoms with Crippen LogP contribution >= 0.6 is 0 Å². The van der Waals surface area contributed by atoms with Crippen molar-refractivity contribution in [3.05, 3.63) is 78.0 Å². The molecule has 0 unspecified atom stereocenters. The van der Waals surface area contributed by atoms with Gasteiger partial charge in [0, 0.05) is 30.1 Å². The highest BCUT2D eigenvalue weighted by Gasteiger charge is 2.26. The largest absolute Gasteiger partial charge is 0.467 e. The lowest BCUT2D eigenvalue weighted by Crippen LogP contribution is -2.45. The Labute approximate surface area is 230 Å². The number of aromatic nitrogens is 1. The molecular weight excluding hydrogens is 490 g/mol. The second-order valence-electron chi connectivity index (χ2n) is 11.0. The molecule has 0 spiro atoms. The quantitative estimate of drug-likeness (QED) is 0.293. The van der Waals surface area contributed by atoms with Crippen LogP contribution in [0, 0.1) is 0 Å². The predicted molar refractivity (Wildman–Crippen MR) is 156 cm³/mol. The van der Waals surface area contributed by atoms with E-state index in [4.69, 9.17) is 14.5 Å². The van der Waals surface area contributed by atoms with Gasteiger partial charge in [-0.25, -0.2) is 9.59 Å². The predicted octanol–water partition coefficient (Wildman–Crippen LogP) is 5.77. The molecule has 39 heavy (non-hydrogen) atoms. The number of carbonyl (C=O) groups is 2. The zero-order chi connectivity index (χ0) is 28.2. The van der Waals surface area contributed by atoms with Crippen molar-refractivity contribution in [2.24, 2.45) is 0 Å². The lowest BCUT2D eigenvalue weighted by molar-refractivity contribution is -0.143. The van der Waals surface area contributed by atoms with Gasteiger partial charge in [0.15, 0.2) is 0 Å². The Kier molecular flexibility index (Phi) is 8.51. The Bertz CT molecular complexity index is 1490. The van der Waals surface area contributed by atoms with Gasteiger partial charge >= 0.3 is 12.1 Å². The van der Waals surface area contributed by atoms with Gasteiger partial charge in [0.05, 0.1) is 12.8 Å². The van der Waals surface area contributed by atoms with Crippen LogP contribution in [0.3, 0.4) is 0 Å². The highest BCUT2D eigenvalue weighted by Crippen LogP contribution is 2.34. The molecule has 0 radical (unpaired) electrons. The van der Waals surface area contributed by atoms with Crippen LogP contribution < -0.4 is 5.32 Å². The minimum atomic E-state index is -0.893. The molecule has 1 atom stereocenters. The minimum Gasteiger partial charge on any atom is -0.467 e. The number of hydrogen-bond acceptors (Lipinski definition) is 6. The Morgan fingerprint density at radius 1 is 0.974 bits per heavy atom. The fraction of sp³-hybridized carbons (Fsp3) is 0.344. The molecule has 4 aromatic rings. The van der Waals surface area contributed by atoms with E-state index in [1.165, 1.54) is 12.7 Å². The summed E-state index contributed by atoms with van der Waals surface area (Å²) in [7, 11) is 5.48. The van der Waals surface area contributed by atoms with E-state index in [1.54, 1.807) is 20.8 Å². The summed E-state index contributed by atoms with van der Waals surface area (Å²) in [6.45, 7) is 6.32. The third kappa shape index (κ3) is 6.92. The van der Waals surface area contributed by atoms with Crippen LogP contribution in [0.25, 0.3) is 32.8 Å². The molecule has 0 saturated carbocycles. The van der Waals surface area contributed by atoms with E-state index in [0.29, 0.717) is 0 Å². The molecule has 1 N–H and O–H groups in total. The fourth-order valence-corrected chi connectivity index (χ4v) is 4.72. The average Bonchev–Trinajstić information content (AvgIpc) is 2.89. The smallest absolute Gasteiger partial charge is 0.408 e. The van der Waals surface area contributed by atoms with E-state index in [0.717, 1.165) is 51.3 Å². The van der Waals surface area contributed by atoms with Crippen molar-refractivity contribution in [1.29, 1.82) is 0 Å². The van der Waals surface area contributed by atoms with Gasteiger partial charge in [-0.3, -0.25) is 4.98 Å². The molecule has 1 aromatic heterocycles. The maximum Gasteiger partial charge on any atom is 0.408 e. The number of amides is 1. The van der Waals surface area contributed by atoms with Gasteiger partial charge in [0.1, 0.15) is 11.6 Å². The maximum atomic E-state index is 12.6. The van der Waals surface area contributed by atoms with Crippen molar-refractivity contribution in [2.45, 2.75) is 45.3 Å². The van der Waals surface area contributed by atoms with Crippen molar-refractivity contribution in [3.63, 3.8) is 0 Å². The first kappa shape index (κ1) is 28.0. The fourth-order valence-electron chi connectivity index (χ4n) is 4.72. The first-order valence-corrected chi connectivity index (χ1v) is 13.2. The van der Waals surface area contributed by atoms with Crippen molar-refractivity contribution in [2.75, 3.05) is 27.7 Å². The number of pyridine rings is 1. The Morgan fingerprint density at radius 2 is 1.72 bits per heavy atom. The Hall–Kier alpha value is -3.97. The SMILES string of the molecule is COC(=O)[C@H](Cc1cccc2c(-c3nccc4cc(CCN(C)C)ccc34)cccc12)NC(=O)OC(C)(C)C. The number of ether oxygens (including phenoxy) is 2. The second kappa shape index (κ2) is 11.8. The standard InChI is InChI=1S/C32H37N3O4/c1-32(2,3)39-31(37)34-28(30(36)38-6)20-22-9-7-11-26-24(22)10-8-12-27(26)29-25-14-13-21(16-18-35(4)5)19-23(25)15-17-33-29/h7-15,17,19,28H,16,18,20H2,1-6H3,(H,34,37)/t28-/m0/s1. The summed E-state index contributed by atoms with van der Waals surface area (Å²) in [6, 6.07) is 19.8. The number of benzene rings is 3. The number of carbonyl (C=O) groups excluding carboxylic acids is 2. The van der Waals surface area contributed by atoms with E-state index in [1.807, 2.05) is 30.5 Å². The van der Waals surface area contributed by atoms with Crippen LogP contribution in [0.5, 0.6) is 0 Å². The first-order chi connectivity index (χ1) is 18.6. The van der Waals surface area contributed by atoms with Crippen molar-refractivity contribution >= 4 is 33.6 Å². The monoisotopic (exact) mass is 527 g/mol. The van der Waals surface area contributed by atoms with Crippen LogP contribution in [0.4, 0.5) is 4.79 Å². The number of esters is 1. The number of alkyl carbamates (subject to hydrolysis) is 1. The van der Waals surface area contributed by atoms with Crippen molar-refractivity contribution in [3.8, 4) is 11.3 Å². The molecule has 7 nitrogen and oxygen atoms in total. The van der Waals surface area contributed by atoms with Crippen molar-refractivity contribution in [1.82, 2.24) is 15.2 Å². The average molecular weight is 528 g/mol. The minimum absolute atomic E-state index is 0.255. The van der Waals surface area contributed by atoms with E-state index in [2.05, 4.69) is 60.7 Å². The summed E-state index contributed by atoms with van der Waals surface area (Å²) >= 11 is 0. The zero-order valence-electron chi connectivity index (χ0n) is 23.6. The number of methoxy groups -OCH3 is 1. The molecule has 0 aliphatic carbocycles. The number of nitrogens with one attached hydrogen (secondary N) is 1. The number of fused-ring (bicyclic) bond motifs is 2. The topological polar surface area (TPSA) is 80.8 Å². The van der Waals surface area contributed by atoms with Gasteiger partial charge in [0.2, 0.25) is 0 Å². The molecule has 3 aromatic carbocycles. The summed E-state index contributed by atoms with van der Waals surface area (Å²) in [6.07, 6.45) is 2.43. The van der Waals surface area contributed by atoms with Gasteiger partial charge < -0.3 is 19.7 Å². The molecule has 7 heteroatoms. The third-order valence-corrected chi connectivity index (χ3v) is 6.54. The Morgan fingerprint density at radius 3 is 2.44 bits per heavy atom. The summed E-state index contributed by atoms with van der Waals surface area (Å²) in [4.78, 5) is 32.0. The molecule has 0 aliphatic heterocycles. The number of nitrogens with zero attached hydrogens (tertiary/aromatic N) is 2. The molecule has 0 aliphatic rings. The van der Waals surface area contributed by atoms with Gasteiger partial charge in [-0.1, -0.05) is 54.6 Å². The highest BCUT2D eigenvalue weighted by atomic mass is 16.6. The molecular formula is C32H37N3O4. The molecule has 1 heterocycles. The van der Waals surface area contributed by atoms with Crippen LogP contribution in [0.2, 0.25) is 0 Å². The summed E-state index contributed by atoms with van der Waals surface area (Å²) in [5, 5.41) is 6.92. The van der Waals surface area contributed by atoms with Gasteiger partial charge in [-0.05, 0) is 74.6 Å². The highest BCUT2D eigenvalue weighted by molar-refractivity contribution is 6.04. The van der Waals surface area contributed by atoms with E-state index < -0.39 is 23.7 Å². The Balaban J connectivity index is 1.71. The molecule has 204 valence electrons. The lowest BCUT2D eigenvalue weighted by atomic mass is 9.93. The molecule has 1 amide bonds. The summed E-state index contributed by atoms with van der Waals surface area (Å²) < 4.78 is 10.4. The zero-order valence-corrected chi connectivity index (χ0v) is 23.6. The van der Waals surface area contributed by atoms with Crippen LogP contribution in [-0.2, 0) is 27.1 Å². The third-order valence-electron chi connectivity index (χ3n) is 6.54.